The van der Waals surface area contributed by atoms with E-state index in [4.69, 9.17) is 5.26 Å². The normalized spacial score (nSPS) is 9.19. The van der Waals surface area contributed by atoms with Crippen molar-refractivity contribution in [3.63, 3.8) is 0 Å². The smallest absolute Gasteiger partial charge is 0.269 e. The molecule has 1 rings (SSSR count). The summed E-state index contributed by atoms with van der Waals surface area (Å²) in [4.78, 5) is 20.8. The zero-order valence-corrected chi connectivity index (χ0v) is 8.34. The second kappa shape index (κ2) is 5.46. The summed E-state index contributed by atoms with van der Waals surface area (Å²) in [6.45, 7) is 0.262. The molecule has 0 unspecified atom stereocenters. The van der Waals surface area contributed by atoms with E-state index in [9.17, 15) is 14.9 Å². The van der Waals surface area contributed by atoms with Gasteiger partial charge in [0.05, 0.1) is 11.0 Å². The number of rotatable bonds is 4. The van der Waals surface area contributed by atoms with Gasteiger partial charge in [-0.3, -0.25) is 14.9 Å². The number of benzene rings is 1. The lowest BCUT2D eigenvalue weighted by Crippen LogP contribution is -2.21. The van der Waals surface area contributed by atoms with Crippen LogP contribution in [0.15, 0.2) is 24.3 Å². The number of non-ortho nitro benzene ring substituents is 1. The predicted octanol–water partition coefficient (Wildman–Crippen LogP) is 1.12. The Kier molecular flexibility index (Phi) is 3.98. The molecular formula is C10H9N3O3. The fraction of sp³-hybridized carbons (Fsp3) is 0.200. The molecule has 1 aromatic rings. The second-order valence-electron chi connectivity index (χ2n) is 3.04. The molecule has 0 aliphatic heterocycles. The standard InChI is InChI=1S/C10H9N3O3/c11-6-5-10(14)12-7-8-1-3-9(4-2-8)13(15)16/h1-4H,5,7H2,(H,12,14). The number of carbonyl (C=O) groups is 1. The van der Waals surface area contributed by atoms with Gasteiger partial charge in [-0.25, -0.2) is 0 Å². The number of nitrogens with zero attached hydrogens (tertiary/aromatic N) is 2. The Morgan fingerprint density at radius 3 is 2.56 bits per heavy atom. The summed E-state index contributed by atoms with van der Waals surface area (Å²) in [5.74, 6) is -0.360. The van der Waals surface area contributed by atoms with Gasteiger partial charge in [-0.05, 0) is 5.56 Å². The Morgan fingerprint density at radius 1 is 1.44 bits per heavy atom. The van der Waals surface area contributed by atoms with Gasteiger partial charge in [0.15, 0.2) is 0 Å². The molecule has 0 atom stereocenters. The number of nitro benzene ring substituents is 1. The predicted molar refractivity (Wildman–Crippen MR) is 55.2 cm³/mol. The molecule has 0 heterocycles. The molecular weight excluding hydrogens is 210 g/mol. The highest BCUT2D eigenvalue weighted by atomic mass is 16.6. The molecule has 1 amide bonds. The monoisotopic (exact) mass is 219 g/mol. The van der Waals surface area contributed by atoms with Gasteiger partial charge >= 0.3 is 0 Å². The van der Waals surface area contributed by atoms with Crippen LogP contribution < -0.4 is 5.32 Å². The third kappa shape index (κ3) is 3.38. The van der Waals surface area contributed by atoms with E-state index in [-0.39, 0.29) is 24.6 Å². The highest BCUT2D eigenvalue weighted by molar-refractivity contribution is 5.77. The second-order valence-corrected chi connectivity index (χ2v) is 3.04. The summed E-state index contributed by atoms with van der Waals surface area (Å²) in [5, 5.41) is 21.1. The van der Waals surface area contributed by atoms with Crippen LogP contribution in [0.1, 0.15) is 12.0 Å². The Hall–Kier alpha value is -2.42. The van der Waals surface area contributed by atoms with Crippen molar-refractivity contribution in [2.45, 2.75) is 13.0 Å². The van der Waals surface area contributed by atoms with Gasteiger partial charge in [0, 0.05) is 18.7 Å². The average Bonchev–Trinajstić information content (AvgIpc) is 2.27. The number of hydrogen-bond donors (Lipinski definition) is 1. The Bertz CT molecular complexity index is 434. The molecule has 0 saturated carbocycles. The lowest BCUT2D eigenvalue weighted by atomic mass is 10.2. The number of nitrogens with one attached hydrogen (secondary N) is 1. The summed E-state index contributed by atoms with van der Waals surface area (Å²) in [5.41, 5.74) is 0.754. The van der Waals surface area contributed by atoms with Crippen molar-refractivity contribution in [2.75, 3.05) is 0 Å². The van der Waals surface area contributed by atoms with Crippen molar-refractivity contribution in [1.29, 1.82) is 5.26 Å². The SMILES string of the molecule is N#CCC(=O)NCc1ccc([N+](=O)[O-])cc1. The first-order chi connectivity index (χ1) is 7.63. The van der Waals surface area contributed by atoms with E-state index in [1.54, 1.807) is 18.2 Å². The molecule has 82 valence electrons. The van der Waals surface area contributed by atoms with Crippen LogP contribution in [-0.4, -0.2) is 10.8 Å². The van der Waals surface area contributed by atoms with Crippen LogP contribution in [0.3, 0.4) is 0 Å². The maximum absolute atomic E-state index is 10.9. The average molecular weight is 219 g/mol. The lowest BCUT2D eigenvalue weighted by molar-refractivity contribution is -0.384. The van der Waals surface area contributed by atoms with E-state index in [2.05, 4.69) is 5.32 Å². The van der Waals surface area contributed by atoms with Gasteiger partial charge in [-0.15, -0.1) is 0 Å². The largest absolute Gasteiger partial charge is 0.351 e. The first-order valence-electron chi connectivity index (χ1n) is 4.50. The van der Waals surface area contributed by atoms with E-state index >= 15 is 0 Å². The molecule has 1 aromatic carbocycles. The van der Waals surface area contributed by atoms with Crippen molar-refractivity contribution in [2.24, 2.45) is 0 Å². The third-order valence-electron chi connectivity index (χ3n) is 1.88. The van der Waals surface area contributed by atoms with Crippen molar-refractivity contribution < 1.29 is 9.72 Å². The first-order valence-corrected chi connectivity index (χ1v) is 4.50. The van der Waals surface area contributed by atoms with Crippen molar-refractivity contribution in [1.82, 2.24) is 5.32 Å². The maximum Gasteiger partial charge on any atom is 0.269 e. The fourth-order valence-corrected chi connectivity index (χ4v) is 1.07. The number of amides is 1. The van der Waals surface area contributed by atoms with Gasteiger partial charge in [-0.2, -0.15) is 5.26 Å². The molecule has 0 saturated heterocycles. The lowest BCUT2D eigenvalue weighted by Gasteiger charge is -2.02. The highest BCUT2D eigenvalue weighted by Gasteiger charge is 2.04. The number of carbonyl (C=O) groups excluding carboxylic acids is 1. The minimum absolute atomic E-state index is 0.00658. The topological polar surface area (TPSA) is 96.0 Å². The number of hydrogen-bond acceptors (Lipinski definition) is 4. The van der Waals surface area contributed by atoms with Crippen LogP contribution in [0.25, 0.3) is 0 Å². The first kappa shape index (κ1) is 11.7. The van der Waals surface area contributed by atoms with Crippen molar-refractivity contribution in [3.05, 3.63) is 39.9 Å². The fourth-order valence-electron chi connectivity index (χ4n) is 1.07. The van der Waals surface area contributed by atoms with Gasteiger partial charge in [0.1, 0.15) is 6.42 Å². The molecule has 0 radical (unpaired) electrons. The quantitative estimate of drug-likeness (QED) is 0.606. The molecule has 0 aliphatic rings. The van der Waals surface area contributed by atoms with Crippen LogP contribution in [-0.2, 0) is 11.3 Å². The minimum atomic E-state index is -0.488. The van der Waals surface area contributed by atoms with E-state index < -0.39 is 4.92 Å². The zero-order valence-electron chi connectivity index (χ0n) is 8.34. The van der Waals surface area contributed by atoms with Crippen molar-refractivity contribution >= 4 is 11.6 Å². The minimum Gasteiger partial charge on any atom is -0.351 e. The molecule has 0 spiro atoms. The Labute approximate surface area is 91.6 Å². The van der Waals surface area contributed by atoms with E-state index in [0.29, 0.717) is 0 Å². The molecule has 1 N–H and O–H groups in total. The third-order valence-corrected chi connectivity index (χ3v) is 1.88. The molecule has 0 aliphatic carbocycles. The Balaban J connectivity index is 2.53. The van der Waals surface area contributed by atoms with Gasteiger partial charge in [0.25, 0.3) is 5.69 Å². The summed E-state index contributed by atoms with van der Waals surface area (Å²) in [6.07, 6.45) is -0.188. The van der Waals surface area contributed by atoms with E-state index in [0.717, 1.165) is 5.56 Å². The summed E-state index contributed by atoms with van der Waals surface area (Å²) < 4.78 is 0. The highest BCUT2D eigenvalue weighted by Crippen LogP contribution is 2.11. The van der Waals surface area contributed by atoms with Crippen LogP contribution in [0.5, 0.6) is 0 Å². The van der Waals surface area contributed by atoms with Gasteiger partial charge in [-0.1, -0.05) is 12.1 Å². The van der Waals surface area contributed by atoms with Crippen LogP contribution in [0, 0.1) is 21.4 Å². The zero-order chi connectivity index (χ0) is 12.0. The van der Waals surface area contributed by atoms with Crippen molar-refractivity contribution in [3.8, 4) is 6.07 Å². The van der Waals surface area contributed by atoms with E-state index in [1.807, 2.05) is 0 Å². The number of nitro groups is 1. The van der Waals surface area contributed by atoms with Gasteiger partial charge < -0.3 is 5.32 Å². The number of nitriles is 1. The summed E-state index contributed by atoms with van der Waals surface area (Å²) in [7, 11) is 0. The van der Waals surface area contributed by atoms with Gasteiger partial charge in [0.2, 0.25) is 5.91 Å². The molecule has 0 fully saturated rings. The van der Waals surface area contributed by atoms with E-state index in [1.165, 1.54) is 12.1 Å². The van der Waals surface area contributed by atoms with Crippen LogP contribution in [0.4, 0.5) is 5.69 Å². The molecule has 0 aromatic heterocycles. The molecule has 0 bridgehead atoms. The molecule has 6 heteroatoms. The molecule has 16 heavy (non-hydrogen) atoms. The Morgan fingerprint density at radius 2 is 2.06 bits per heavy atom. The summed E-state index contributed by atoms with van der Waals surface area (Å²) in [6, 6.07) is 7.58. The van der Waals surface area contributed by atoms with Crippen LogP contribution in [0.2, 0.25) is 0 Å². The summed E-state index contributed by atoms with van der Waals surface area (Å²) >= 11 is 0. The maximum atomic E-state index is 10.9. The van der Waals surface area contributed by atoms with Crippen LogP contribution >= 0.6 is 0 Å². The molecule has 6 nitrogen and oxygen atoms in total.